The van der Waals surface area contributed by atoms with Gasteiger partial charge in [-0.3, -0.25) is 14.4 Å². The first-order chi connectivity index (χ1) is 11.2. The maximum atomic E-state index is 13.7. The summed E-state index contributed by atoms with van der Waals surface area (Å²) in [7, 11) is -4.03. The third-order valence-corrected chi connectivity index (χ3v) is 6.11. The van der Waals surface area contributed by atoms with Gasteiger partial charge in [0.2, 0.25) is 5.82 Å². The van der Waals surface area contributed by atoms with Gasteiger partial charge in [-0.1, -0.05) is 25.1 Å². The number of hydrogen-bond acceptors (Lipinski definition) is 4. The van der Waals surface area contributed by atoms with Crippen molar-refractivity contribution < 1.29 is 17.7 Å². The molecule has 1 aliphatic rings. The molecular formula is C16H15FN2O4S. The molecule has 0 saturated carbocycles. The van der Waals surface area contributed by atoms with E-state index in [0.717, 1.165) is 17.7 Å². The van der Waals surface area contributed by atoms with E-state index in [1.165, 1.54) is 11.2 Å². The van der Waals surface area contributed by atoms with Crippen molar-refractivity contribution in [3.05, 3.63) is 63.5 Å². The number of rotatable bonds is 3. The van der Waals surface area contributed by atoms with Crippen molar-refractivity contribution in [2.24, 2.45) is 0 Å². The van der Waals surface area contributed by atoms with Gasteiger partial charge in [-0.2, -0.15) is 4.39 Å². The van der Waals surface area contributed by atoms with Crippen LogP contribution >= 0.6 is 0 Å². The first kappa shape index (κ1) is 16.4. The molecule has 24 heavy (non-hydrogen) atoms. The quantitative estimate of drug-likeness (QED) is 0.628. The van der Waals surface area contributed by atoms with Gasteiger partial charge in [-0.15, -0.1) is 0 Å². The van der Waals surface area contributed by atoms with Crippen molar-refractivity contribution in [1.82, 2.24) is 0 Å². The summed E-state index contributed by atoms with van der Waals surface area (Å²) in [6.45, 7) is 3.58. The normalized spacial score (nSPS) is 17.0. The van der Waals surface area contributed by atoms with E-state index >= 15 is 0 Å². The van der Waals surface area contributed by atoms with Crippen molar-refractivity contribution in [3.63, 3.8) is 0 Å². The Morgan fingerprint density at radius 3 is 2.62 bits per heavy atom. The van der Waals surface area contributed by atoms with Crippen molar-refractivity contribution in [1.29, 1.82) is 0 Å². The first-order valence-corrected chi connectivity index (χ1v) is 8.73. The summed E-state index contributed by atoms with van der Waals surface area (Å²) >= 11 is 0. The Balaban J connectivity index is 2.17. The molecule has 126 valence electrons. The molecule has 0 fully saturated rings. The zero-order valence-corrected chi connectivity index (χ0v) is 13.9. The zero-order chi connectivity index (χ0) is 17.6. The lowest BCUT2D eigenvalue weighted by atomic mass is 10.0. The molecule has 0 spiro atoms. The fraction of sp³-hybridized carbons (Fsp3) is 0.250. The van der Waals surface area contributed by atoms with Crippen LogP contribution in [-0.4, -0.2) is 19.9 Å². The van der Waals surface area contributed by atoms with Crippen LogP contribution in [-0.2, 0) is 10.0 Å². The van der Waals surface area contributed by atoms with E-state index in [9.17, 15) is 22.9 Å². The number of anilines is 1. The van der Waals surface area contributed by atoms with E-state index in [4.69, 9.17) is 0 Å². The average molecular weight is 350 g/mol. The minimum Gasteiger partial charge on any atom is -0.265 e. The van der Waals surface area contributed by atoms with Crippen molar-refractivity contribution in [3.8, 4) is 0 Å². The van der Waals surface area contributed by atoms with Crippen LogP contribution in [0.25, 0.3) is 0 Å². The monoisotopic (exact) mass is 350 g/mol. The Morgan fingerprint density at radius 1 is 1.29 bits per heavy atom. The van der Waals surface area contributed by atoms with Crippen LogP contribution in [0.2, 0.25) is 0 Å². The average Bonchev–Trinajstić information content (AvgIpc) is 2.85. The van der Waals surface area contributed by atoms with E-state index in [1.807, 2.05) is 19.1 Å². The van der Waals surface area contributed by atoms with Gasteiger partial charge in [0, 0.05) is 18.5 Å². The molecule has 1 atom stereocenters. The van der Waals surface area contributed by atoms with Gasteiger partial charge in [-0.25, -0.2) is 8.42 Å². The second-order valence-corrected chi connectivity index (χ2v) is 7.65. The molecule has 0 aliphatic carbocycles. The van der Waals surface area contributed by atoms with Crippen molar-refractivity contribution in [2.75, 3.05) is 10.8 Å². The molecule has 0 amide bonds. The predicted octanol–water partition coefficient (Wildman–Crippen LogP) is 3.35. The van der Waals surface area contributed by atoms with Crippen LogP contribution in [0.1, 0.15) is 24.0 Å². The Morgan fingerprint density at radius 2 is 1.96 bits per heavy atom. The molecule has 8 heteroatoms. The molecule has 0 unspecified atom stereocenters. The van der Waals surface area contributed by atoms with E-state index in [0.29, 0.717) is 5.69 Å². The molecule has 1 heterocycles. The largest absolute Gasteiger partial charge is 0.306 e. The molecule has 6 nitrogen and oxygen atoms in total. The third-order valence-electron chi connectivity index (χ3n) is 4.19. The van der Waals surface area contributed by atoms with E-state index in [-0.39, 0.29) is 22.9 Å². The molecule has 3 rings (SSSR count). The Kier molecular flexibility index (Phi) is 3.79. The second-order valence-electron chi connectivity index (χ2n) is 5.82. The number of aryl methyl sites for hydroxylation is 1. The lowest BCUT2D eigenvalue weighted by Gasteiger charge is -2.21. The smallest absolute Gasteiger partial charge is 0.265 e. The molecular weight excluding hydrogens is 335 g/mol. The summed E-state index contributed by atoms with van der Waals surface area (Å²) < 4.78 is 41.0. The van der Waals surface area contributed by atoms with Crippen LogP contribution in [0.3, 0.4) is 0 Å². The van der Waals surface area contributed by atoms with Gasteiger partial charge in [0.05, 0.1) is 15.5 Å². The van der Waals surface area contributed by atoms with Gasteiger partial charge in [0.1, 0.15) is 0 Å². The Bertz CT molecular complexity index is 943. The zero-order valence-electron chi connectivity index (χ0n) is 13.1. The predicted molar refractivity (Wildman–Crippen MR) is 87.2 cm³/mol. The highest BCUT2D eigenvalue weighted by Gasteiger charge is 2.36. The lowest BCUT2D eigenvalue weighted by Crippen LogP contribution is -2.30. The Hall–Kier alpha value is -2.48. The summed E-state index contributed by atoms with van der Waals surface area (Å²) in [5.74, 6) is -1.04. The fourth-order valence-corrected chi connectivity index (χ4v) is 4.79. The standard InChI is InChI=1S/C16H15FN2O4S/c1-10-7-13(17)15(19(20)21)8-16(10)24(22,23)18-9-11(2)12-5-3-4-6-14(12)18/h3-8,11H,9H2,1-2H3/t11-/m1/s1. The Labute approximate surface area is 138 Å². The number of nitrogens with zero attached hydrogens (tertiary/aromatic N) is 2. The van der Waals surface area contributed by atoms with E-state index in [1.54, 1.807) is 12.1 Å². The molecule has 0 bridgehead atoms. The van der Waals surface area contributed by atoms with Gasteiger partial charge < -0.3 is 0 Å². The highest BCUT2D eigenvalue weighted by atomic mass is 32.2. The number of nitro benzene ring substituents is 1. The molecule has 0 aromatic heterocycles. The summed E-state index contributed by atoms with van der Waals surface area (Å²) in [5.41, 5.74) is 0.738. The number of para-hydroxylation sites is 1. The summed E-state index contributed by atoms with van der Waals surface area (Å²) in [5, 5.41) is 10.9. The number of halogens is 1. The summed E-state index contributed by atoms with van der Waals surface area (Å²) in [6, 6.07) is 8.81. The topological polar surface area (TPSA) is 80.5 Å². The number of nitro groups is 1. The number of hydrogen-bond donors (Lipinski definition) is 0. The SMILES string of the molecule is Cc1cc(F)c([N+](=O)[O-])cc1S(=O)(=O)N1C[C@@H](C)c2ccccc21. The maximum Gasteiger partial charge on any atom is 0.306 e. The minimum atomic E-state index is -4.03. The van der Waals surface area contributed by atoms with Gasteiger partial charge >= 0.3 is 5.69 Å². The molecule has 0 N–H and O–H groups in total. The van der Waals surface area contributed by atoms with Crippen LogP contribution in [0, 0.1) is 22.9 Å². The number of fused-ring (bicyclic) bond motifs is 1. The fourth-order valence-electron chi connectivity index (χ4n) is 2.98. The van der Waals surface area contributed by atoms with Gasteiger partial charge in [0.15, 0.2) is 0 Å². The molecule has 0 radical (unpaired) electrons. The van der Waals surface area contributed by atoms with E-state index in [2.05, 4.69) is 0 Å². The van der Waals surface area contributed by atoms with Crippen LogP contribution < -0.4 is 4.31 Å². The lowest BCUT2D eigenvalue weighted by molar-refractivity contribution is -0.387. The molecule has 2 aromatic carbocycles. The summed E-state index contributed by atoms with van der Waals surface area (Å²) in [4.78, 5) is 9.77. The highest BCUT2D eigenvalue weighted by Crippen LogP contribution is 2.40. The second kappa shape index (κ2) is 5.55. The van der Waals surface area contributed by atoms with Crippen LogP contribution in [0.15, 0.2) is 41.3 Å². The van der Waals surface area contributed by atoms with E-state index < -0.39 is 26.5 Å². The van der Waals surface area contributed by atoms with Gasteiger partial charge in [-0.05, 0) is 30.2 Å². The van der Waals surface area contributed by atoms with Crippen LogP contribution in [0.5, 0.6) is 0 Å². The molecule has 2 aromatic rings. The summed E-state index contributed by atoms with van der Waals surface area (Å²) in [6.07, 6.45) is 0. The third kappa shape index (κ3) is 2.43. The molecule has 1 aliphatic heterocycles. The number of sulfonamides is 1. The highest BCUT2D eigenvalue weighted by molar-refractivity contribution is 7.93. The van der Waals surface area contributed by atoms with Crippen molar-refractivity contribution >= 4 is 21.4 Å². The minimum absolute atomic E-state index is 0.00622. The van der Waals surface area contributed by atoms with Gasteiger partial charge in [0.25, 0.3) is 10.0 Å². The van der Waals surface area contributed by atoms with Crippen molar-refractivity contribution in [2.45, 2.75) is 24.7 Å². The van der Waals surface area contributed by atoms with Crippen LogP contribution in [0.4, 0.5) is 15.8 Å². The first-order valence-electron chi connectivity index (χ1n) is 7.29. The molecule has 0 saturated heterocycles. The maximum absolute atomic E-state index is 13.7. The number of benzene rings is 2.